The molecule has 0 unspecified atom stereocenters. The number of nitrogens with zero attached hydrogens (tertiary/aromatic N) is 2. The molecule has 130 valence electrons. The van der Waals surface area contributed by atoms with Gasteiger partial charge in [-0.25, -0.2) is 0 Å². The van der Waals surface area contributed by atoms with Gasteiger partial charge in [-0.2, -0.15) is 0 Å². The highest BCUT2D eigenvalue weighted by molar-refractivity contribution is 7.89. The van der Waals surface area contributed by atoms with Crippen LogP contribution in [0, 0.1) is 0 Å². The lowest BCUT2D eigenvalue weighted by Gasteiger charge is -2.31. The first-order chi connectivity index (χ1) is 10.6. The van der Waals surface area contributed by atoms with Crippen molar-refractivity contribution in [2.24, 2.45) is 0 Å². The molecule has 0 aromatic carbocycles. The molecule has 0 aromatic rings. The van der Waals surface area contributed by atoms with E-state index in [9.17, 15) is 0 Å². The first-order valence-electron chi connectivity index (χ1n) is 9.20. The van der Waals surface area contributed by atoms with Crippen molar-refractivity contribution in [3.8, 4) is 0 Å². The van der Waals surface area contributed by atoms with Gasteiger partial charge in [-0.05, 0) is 25.7 Å². The molecule has 2 nitrogen and oxygen atoms in total. The highest BCUT2D eigenvalue weighted by Gasteiger charge is 2.18. The average molecular weight is 345 g/mol. The fourth-order valence-electron chi connectivity index (χ4n) is 2.30. The van der Waals surface area contributed by atoms with E-state index in [1.807, 2.05) is 0 Å². The lowest BCUT2D eigenvalue weighted by Crippen LogP contribution is -2.44. The maximum atomic E-state index is 5.75. The molecule has 0 saturated heterocycles. The molecular weight excluding hydrogens is 308 g/mol. The maximum Gasteiger partial charge on any atom is 0.136 e. The van der Waals surface area contributed by atoms with Crippen molar-refractivity contribution in [1.82, 2.24) is 9.80 Å². The number of rotatable bonds is 12. The Morgan fingerprint density at radius 2 is 0.773 bits per heavy atom. The van der Waals surface area contributed by atoms with Crippen LogP contribution in [0.4, 0.5) is 0 Å². The van der Waals surface area contributed by atoms with Gasteiger partial charge in [-0.1, -0.05) is 77.8 Å². The standard InChI is InChI=1S/C18H36N2S2/c1-5-9-13-19(14-10-6-2)17(21)18(22)20(15-11-7-3)16-12-8-4/h5-16H2,1-4H3. The molecule has 0 amide bonds. The summed E-state index contributed by atoms with van der Waals surface area (Å²) in [5.41, 5.74) is 0. The Labute approximate surface area is 149 Å². The third kappa shape index (κ3) is 9.04. The van der Waals surface area contributed by atoms with E-state index in [4.69, 9.17) is 24.4 Å². The molecule has 0 atom stereocenters. The van der Waals surface area contributed by atoms with Gasteiger partial charge in [0.05, 0.1) is 0 Å². The molecule has 0 radical (unpaired) electrons. The van der Waals surface area contributed by atoms with Gasteiger partial charge in [0.1, 0.15) is 9.98 Å². The van der Waals surface area contributed by atoms with E-state index >= 15 is 0 Å². The summed E-state index contributed by atoms with van der Waals surface area (Å²) < 4.78 is 0. The average Bonchev–Trinajstić information content (AvgIpc) is 2.54. The smallest absolute Gasteiger partial charge is 0.136 e. The predicted molar refractivity (Wildman–Crippen MR) is 108 cm³/mol. The fourth-order valence-corrected chi connectivity index (χ4v) is 2.92. The Bertz CT molecular complexity index is 259. The van der Waals surface area contributed by atoms with Gasteiger partial charge >= 0.3 is 0 Å². The van der Waals surface area contributed by atoms with Gasteiger partial charge < -0.3 is 9.80 Å². The summed E-state index contributed by atoms with van der Waals surface area (Å²) >= 11 is 11.5. The molecule has 0 heterocycles. The number of thiocarbonyl (C=S) groups is 2. The molecule has 0 N–H and O–H groups in total. The van der Waals surface area contributed by atoms with Gasteiger partial charge in [-0.15, -0.1) is 0 Å². The summed E-state index contributed by atoms with van der Waals surface area (Å²) in [5, 5.41) is 0. The van der Waals surface area contributed by atoms with Crippen LogP contribution in [-0.2, 0) is 0 Å². The Morgan fingerprint density at radius 3 is 0.955 bits per heavy atom. The van der Waals surface area contributed by atoms with Gasteiger partial charge in [0, 0.05) is 26.2 Å². The van der Waals surface area contributed by atoms with E-state index < -0.39 is 0 Å². The molecule has 0 saturated carbocycles. The fraction of sp³-hybridized carbons (Fsp3) is 0.889. The largest absolute Gasteiger partial charge is 0.360 e. The van der Waals surface area contributed by atoms with Gasteiger partial charge in [0.15, 0.2) is 0 Å². The number of hydrogen-bond acceptors (Lipinski definition) is 2. The second-order valence-corrected chi connectivity index (χ2v) is 6.77. The molecule has 22 heavy (non-hydrogen) atoms. The maximum absolute atomic E-state index is 5.75. The van der Waals surface area contributed by atoms with Crippen LogP contribution < -0.4 is 0 Å². The minimum atomic E-state index is 0.907. The Kier molecular flexibility index (Phi) is 14.2. The van der Waals surface area contributed by atoms with Crippen LogP contribution in [0.2, 0.25) is 0 Å². The summed E-state index contributed by atoms with van der Waals surface area (Å²) in [6.45, 7) is 13.1. The number of hydrogen-bond donors (Lipinski definition) is 0. The van der Waals surface area contributed by atoms with Crippen molar-refractivity contribution in [1.29, 1.82) is 0 Å². The second kappa shape index (κ2) is 14.4. The SMILES string of the molecule is CCCCN(CCCC)C(=S)C(=S)N(CCCC)CCCC. The van der Waals surface area contributed by atoms with Gasteiger partial charge in [-0.3, -0.25) is 0 Å². The van der Waals surface area contributed by atoms with Crippen molar-refractivity contribution in [2.45, 2.75) is 79.1 Å². The van der Waals surface area contributed by atoms with Crippen LogP contribution in [0.3, 0.4) is 0 Å². The second-order valence-electron chi connectivity index (χ2n) is 6.00. The number of unbranched alkanes of at least 4 members (excludes halogenated alkanes) is 4. The highest BCUT2D eigenvalue weighted by Crippen LogP contribution is 2.08. The zero-order valence-corrected chi connectivity index (χ0v) is 16.8. The summed E-state index contributed by atoms with van der Waals surface area (Å²) in [5.74, 6) is 0. The van der Waals surface area contributed by atoms with E-state index in [0.717, 1.165) is 36.2 Å². The minimum absolute atomic E-state index is 0.907. The summed E-state index contributed by atoms with van der Waals surface area (Å²) in [4.78, 5) is 6.50. The van der Waals surface area contributed by atoms with Crippen LogP contribution in [0.5, 0.6) is 0 Å². The Balaban J connectivity index is 4.75. The third-order valence-corrected chi connectivity index (χ3v) is 4.92. The Hall–Kier alpha value is -0.220. The molecule has 4 heteroatoms. The van der Waals surface area contributed by atoms with E-state index in [0.29, 0.717) is 0 Å². The highest BCUT2D eigenvalue weighted by atomic mass is 32.1. The van der Waals surface area contributed by atoms with Gasteiger partial charge in [0.2, 0.25) is 0 Å². The first-order valence-corrected chi connectivity index (χ1v) is 10.0. The zero-order chi connectivity index (χ0) is 16.8. The lowest BCUT2D eigenvalue weighted by molar-refractivity contribution is 0.386. The van der Waals surface area contributed by atoms with Crippen molar-refractivity contribution in [3.05, 3.63) is 0 Å². The lowest BCUT2D eigenvalue weighted by atomic mass is 10.2. The summed E-state index contributed by atoms with van der Waals surface area (Å²) in [6.07, 6.45) is 9.57. The summed E-state index contributed by atoms with van der Waals surface area (Å²) in [6, 6.07) is 0. The zero-order valence-electron chi connectivity index (χ0n) is 15.2. The van der Waals surface area contributed by atoms with Crippen LogP contribution in [0.1, 0.15) is 79.1 Å². The molecule has 0 aliphatic carbocycles. The molecule has 0 spiro atoms. The van der Waals surface area contributed by atoms with E-state index in [1.54, 1.807) is 0 Å². The summed E-state index contributed by atoms with van der Waals surface area (Å²) in [7, 11) is 0. The van der Waals surface area contributed by atoms with Crippen LogP contribution in [-0.4, -0.2) is 46.0 Å². The van der Waals surface area contributed by atoms with Crippen molar-refractivity contribution in [2.75, 3.05) is 26.2 Å². The molecule has 0 rings (SSSR count). The molecule has 0 aliphatic rings. The molecule has 0 aromatic heterocycles. The van der Waals surface area contributed by atoms with Crippen LogP contribution in [0.25, 0.3) is 0 Å². The monoisotopic (exact) mass is 344 g/mol. The molecule has 0 aliphatic heterocycles. The van der Waals surface area contributed by atoms with E-state index in [-0.39, 0.29) is 0 Å². The normalized spacial score (nSPS) is 10.5. The Morgan fingerprint density at radius 1 is 0.545 bits per heavy atom. The minimum Gasteiger partial charge on any atom is -0.360 e. The third-order valence-electron chi connectivity index (χ3n) is 3.88. The topological polar surface area (TPSA) is 6.48 Å². The molecule has 0 bridgehead atoms. The van der Waals surface area contributed by atoms with Crippen LogP contribution in [0.15, 0.2) is 0 Å². The van der Waals surface area contributed by atoms with Crippen molar-refractivity contribution >= 4 is 34.4 Å². The van der Waals surface area contributed by atoms with Crippen molar-refractivity contribution < 1.29 is 0 Å². The van der Waals surface area contributed by atoms with E-state index in [2.05, 4.69) is 37.5 Å². The molecular formula is C18H36N2S2. The predicted octanol–water partition coefficient (Wildman–Crippen LogP) is 5.45. The molecule has 0 fully saturated rings. The van der Waals surface area contributed by atoms with Gasteiger partial charge in [0.25, 0.3) is 0 Å². The van der Waals surface area contributed by atoms with Crippen molar-refractivity contribution in [3.63, 3.8) is 0 Å². The first kappa shape index (κ1) is 21.8. The van der Waals surface area contributed by atoms with E-state index in [1.165, 1.54) is 51.4 Å². The quantitative estimate of drug-likeness (QED) is 0.434. The van der Waals surface area contributed by atoms with Crippen LogP contribution >= 0.6 is 24.4 Å².